The van der Waals surface area contributed by atoms with Crippen molar-refractivity contribution in [3.63, 3.8) is 0 Å². The highest BCUT2D eigenvalue weighted by Gasteiger charge is 2.38. The number of carbonyl (C=O) groups excluding carboxylic acids is 1. The normalized spacial score (nSPS) is 21.0. The van der Waals surface area contributed by atoms with E-state index in [1.807, 2.05) is 36.4 Å². The minimum Gasteiger partial charge on any atom is -0.497 e. The van der Waals surface area contributed by atoms with Crippen molar-refractivity contribution in [1.82, 2.24) is 4.98 Å². The third kappa shape index (κ3) is 2.94. The van der Waals surface area contributed by atoms with E-state index in [1.165, 1.54) is 0 Å². The molecule has 0 amide bonds. The first kappa shape index (κ1) is 16.6. The van der Waals surface area contributed by atoms with Gasteiger partial charge in [0.2, 0.25) is 0 Å². The first-order chi connectivity index (χ1) is 12.5. The van der Waals surface area contributed by atoms with Crippen molar-refractivity contribution < 1.29 is 9.53 Å². The Labute approximate surface area is 153 Å². The lowest BCUT2D eigenvalue weighted by Gasteiger charge is -2.34. The highest BCUT2D eigenvalue weighted by molar-refractivity contribution is 6.00. The van der Waals surface area contributed by atoms with Gasteiger partial charge in [-0.25, -0.2) is 4.98 Å². The molecule has 2 aliphatic rings. The molecule has 2 heterocycles. The van der Waals surface area contributed by atoms with Gasteiger partial charge in [-0.15, -0.1) is 0 Å². The number of pyridine rings is 1. The zero-order chi connectivity index (χ0) is 18.3. The van der Waals surface area contributed by atoms with E-state index in [4.69, 9.17) is 4.74 Å². The molecule has 1 atom stereocenters. The molecule has 0 saturated heterocycles. The molecule has 0 radical (unpaired) electrons. The molecule has 5 nitrogen and oxygen atoms in total. The number of Topliss-reactive ketones (excluding diaryl/α,β-unsaturated/α-hetero) is 1. The SMILES string of the molecule is COc1ccc([C@H]2Nc3ncccc3NC3=C2C(=O)CC(C)(C)C3)cc1. The summed E-state index contributed by atoms with van der Waals surface area (Å²) in [5, 5.41) is 6.96. The highest BCUT2D eigenvalue weighted by Crippen LogP contribution is 2.44. The second-order valence-corrected chi connectivity index (χ2v) is 7.71. The number of ketones is 1. The number of anilines is 2. The molecule has 26 heavy (non-hydrogen) atoms. The number of carbonyl (C=O) groups is 1. The molecule has 4 rings (SSSR count). The van der Waals surface area contributed by atoms with Gasteiger partial charge in [-0.3, -0.25) is 4.79 Å². The van der Waals surface area contributed by atoms with Crippen LogP contribution in [0.5, 0.6) is 5.75 Å². The van der Waals surface area contributed by atoms with Gasteiger partial charge in [0.15, 0.2) is 5.78 Å². The summed E-state index contributed by atoms with van der Waals surface area (Å²) >= 11 is 0. The van der Waals surface area contributed by atoms with Crippen molar-refractivity contribution in [1.29, 1.82) is 0 Å². The maximum atomic E-state index is 13.1. The van der Waals surface area contributed by atoms with Gasteiger partial charge in [-0.05, 0) is 41.7 Å². The standard InChI is InChI=1S/C21H23N3O2/c1-21(2)11-16-18(17(25)12-21)19(13-6-8-14(26-3)9-7-13)24-20-15(23-16)5-4-10-22-20/h4-10,19,23H,11-12H2,1-3H3,(H,22,24)/t19-/m1/s1. The van der Waals surface area contributed by atoms with Crippen LogP contribution >= 0.6 is 0 Å². The number of ether oxygens (including phenoxy) is 1. The molecule has 1 aliphatic carbocycles. The van der Waals surface area contributed by atoms with Gasteiger partial charge in [-0.1, -0.05) is 26.0 Å². The molecule has 134 valence electrons. The molecule has 0 fully saturated rings. The fourth-order valence-corrected chi connectivity index (χ4v) is 3.82. The number of methoxy groups -OCH3 is 1. The number of hydrogen-bond donors (Lipinski definition) is 2. The molecule has 0 bridgehead atoms. The number of rotatable bonds is 2. The van der Waals surface area contributed by atoms with E-state index >= 15 is 0 Å². The summed E-state index contributed by atoms with van der Waals surface area (Å²) in [7, 11) is 1.65. The molecule has 2 aromatic rings. The molecule has 0 spiro atoms. The van der Waals surface area contributed by atoms with Gasteiger partial charge in [0.25, 0.3) is 0 Å². The Hall–Kier alpha value is -2.82. The van der Waals surface area contributed by atoms with E-state index in [1.54, 1.807) is 13.3 Å². The zero-order valence-corrected chi connectivity index (χ0v) is 15.3. The highest BCUT2D eigenvalue weighted by atomic mass is 16.5. The van der Waals surface area contributed by atoms with E-state index in [0.717, 1.165) is 40.5 Å². The Morgan fingerprint density at radius 1 is 1.15 bits per heavy atom. The number of nitrogens with one attached hydrogen (secondary N) is 2. The fourth-order valence-electron chi connectivity index (χ4n) is 3.82. The van der Waals surface area contributed by atoms with Crippen molar-refractivity contribution in [2.75, 3.05) is 17.7 Å². The molecule has 0 unspecified atom stereocenters. The lowest BCUT2D eigenvalue weighted by molar-refractivity contribution is -0.118. The predicted octanol–water partition coefficient (Wildman–Crippen LogP) is 4.31. The topological polar surface area (TPSA) is 63.2 Å². The van der Waals surface area contributed by atoms with Gasteiger partial charge in [-0.2, -0.15) is 0 Å². The quantitative estimate of drug-likeness (QED) is 0.846. The van der Waals surface area contributed by atoms with Crippen LogP contribution in [0.1, 0.15) is 38.3 Å². The first-order valence-electron chi connectivity index (χ1n) is 8.86. The van der Waals surface area contributed by atoms with Crippen LogP contribution < -0.4 is 15.4 Å². The molecular weight excluding hydrogens is 326 g/mol. The summed E-state index contributed by atoms with van der Waals surface area (Å²) < 4.78 is 5.27. The maximum absolute atomic E-state index is 13.1. The van der Waals surface area contributed by atoms with Gasteiger partial charge in [0, 0.05) is 23.9 Å². The molecule has 1 aromatic heterocycles. The van der Waals surface area contributed by atoms with Crippen molar-refractivity contribution in [3.8, 4) is 5.75 Å². The van der Waals surface area contributed by atoms with Gasteiger partial charge in [0.1, 0.15) is 11.6 Å². The summed E-state index contributed by atoms with van der Waals surface area (Å²) in [6.07, 6.45) is 3.14. The second kappa shape index (κ2) is 6.16. The summed E-state index contributed by atoms with van der Waals surface area (Å²) in [5.41, 5.74) is 3.67. The molecule has 5 heteroatoms. The van der Waals surface area contributed by atoms with Crippen molar-refractivity contribution in [2.45, 2.75) is 32.7 Å². The maximum Gasteiger partial charge on any atom is 0.163 e. The fraction of sp³-hybridized carbons (Fsp3) is 0.333. The Morgan fingerprint density at radius 2 is 1.92 bits per heavy atom. The number of aromatic nitrogens is 1. The third-order valence-electron chi connectivity index (χ3n) is 5.03. The lowest BCUT2D eigenvalue weighted by atomic mass is 9.73. The largest absolute Gasteiger partial charge is 0.497 e. The number of hydrogen-bond acceptors (Lipinski definition) is 5. The van der Waals surface area contributed by atoms with Crippen LogP contribution in [0.3, 0.4) is 0 Å². The van der Waals surface area contributed by atoms with Gasteiger partial charge >= 0.3 is 0 Å². The molecule has 1 aromatic carbocycles. The zero-order valence-electron chi connectivity index (χ0n) is 15.3. The van der Waals surface area contributed by atoms with E-state index in [2.05, 4.69) is 29.5 Å². The summed E-state index contributed by atoms with van der Waals surface area (Å²) in [6.45, 7) is 4.28. The van der Waals surface area contributed by atoms with Crippen LogP contribution in [0.2, 0.25) is 0 Å². The van der Waals surface area contributed by atoms with Gasteiger partial charge < -0.3 is 15.4 Å². The number of benzene rings is 1. The first-order valence-corrected chi connectivity index (χ1v) is 8.86. The summed E-state index contributed by atoms with van der Waals surface area (Å²) in [4.78, 5) is 17.5. The average molecular weight is 349 g/mol. The lowest BCUT2D eigenvalue weighted by Crippen LogP contribution is -2.31. The Balaban J connectivity index is 1.85. The number of nitrogens with zero attached hydrogens (tertiary/aromatic N) is 1. The van der Waals surface area contributed by atoms with Crippen molar-refractivity contribution >= 4 is 17.3 Å². The Kier molecular flexibility index (Phi) is 3.94. The molecule has 1 aliphatic heterocycles. The van der Waals surface area contributed by atoms with E-state index in [9.17, 15) is 4.79 Å². The van der Waals surface area contributed by atoms with E-state index in [0.29, 0.717) is 6.42 Å². The number of fused-ring (bicyclic) bond motifs is 1. The van der Waals surface area contributed by atoms with Crippen molar-refractivity contribution in [3.05, 3.63) is 59.4 Å². The van der Waals surface area contributed by atoms with Crippen LogP contribution in [-0.4, -0.2) is 17.9 Å². The van der Waals surface area contributed by atoms with Crippen LogP contribution in [0.4, 0.5) is 11.5 Å². The van der Waals surface area contributed by atoms with Crippen molar-refractivity contribution in [2.24, 2.45) is 5.41 Å². The number of allylic oxidation sites excluding steroid dienone is 1. The summed E-state index contributed by atoms with van der Waals surface area (Å²) in [5.74, 6) is 1.74. The van der Waals surface area contributed by atoms with Gasteiger partial charge in [0.05, 0.1) is 18.8 Å². The van der Waals surface area contributed by atoms with E-state index in [-0.39, 0.29) is 17.2 Å². The minimum atomic E-state index is -0.233. The Bertz CT molecular complexity index is 884. The Morgan fingerprint density at radius 3 is 2.65 bits per heavy atom. The molecule has 2 N–H and O–H groups in total. The third-order valence-corrected chi connectivity index (χ3v) is 5.03. The van der Waals surface area contributed by atoms with Crippen LogP contribution in [0.25, 0.3) is 0 Å². The average Bonchev–Trinajstić information content (AvgIpc) is 2.77. The smallest absolute Gasteiger partial charge is 0.163 e. The monoisotopic (exact) mass is 349 g/mol. The molecular formula is C21H23N3O2. The van der Waals surface area contributed by atoms with Crippen LogP contribution in [0.15, 0.2) is 53.9 Å². The van der Waals surface area contributed by atoms with Crippen LogP contribution in [0, 0.1) is 5.41 Å². The predicted molar refractivity (Wildman–Crippen MR) is 102 cm³/mol. The molecule has 0 saturated carbocycles. The summed E-state index contributed by atoms with van der Waals surface area (Å²) in [6, 6.07) is 11.5. The van der Waals surface area contributed by atoms with E-state index < -0.39 is 0 Å². The minimum absolute atomic E-state index is 0.0555. The second-order valence-electron chi connectivity index (χ2n) is 7.71. The van der Waals surface area contributed by atoms with Crippen LogP contribution in [-0.2, 0) is 4.79 Å².